The van der Waals surface area contributed by atoms with Crippen molar-refractivity contribution in [3.8, 4) is 0 Å². The van der Waals surface area contributed by atoms with Gasteiger partial charge in [0, 0.05) is 44.2 Å². The third-order valence-electron chi connectivity index (χ3n) is 5.20. The molecule has 4 rings (SSSR count). The van der Waals surface area contributed by atoms with E-state index in [-0.39, 0.29) is 34.8 Å². The number of methoxy groups -OCH3 is 1. The number of piperazine rings is 1. The van der Waals surface area contributed by atoms with Crippen molar-refractivity contribution in [1.82, 2.24) is 9.80 Å². The zero-order valence-electron chi connectivity index (χ0n) is 16.4. The molecule has 3 aromatic rings. The summed E-state index contributed by atoms with van der Waals surface area (Å²) < 4.78 is 24.3. The van der Waals surface area contributed by atoms with E-state index in [1.807, 2.05) is 24.3 Å². The van der Waals surface area contributed by atoms with Gasteiger partial charge in [-0.1, -0.05) is 29.8 Å². The van der Waals surface area contributed by atoms with Gasteiger partial charge in [-0.05, 0) is 24.3 Å². The first kappa shape index (κ1) is 20.4. The Balaban J connectivity index is 1.49. The molecule has 2 heterocycles. The Morgan fingerprint density at radius 1 is 1.07 bits per heavy atom. The molecule has 0 bridgehead atoms. The predicted octanol–water partition coefficient (Wildman–Crippen LogP) is 3.97. The summed E-state index contributed by atoms with van der Waals surface area (Å²) in [6.07, 6.45) is 0. The summed E-state index contributed by atoms with van der Waals surface area (Å²) in [4.78, 5) is 29.1. The van der Waals surface area contributed by atoms with Crippen LogP contribution in [0.5, 0.6) is 0 Å². The van der Waals surface area contributed by atoms with Gasteiger partial charge in [0.05, 0.1) is 17.2 Å². The van der Waals surface area contributed by atoms with Gasteiger partial charge in [0.15, 0.2) is 5.76 Å². The minimum atomic E-state index is -0.496. The molecule has 0 radical (unpaired) electrons. The first-order chi connectivity index (χ1) is 14.5. The summed E-state index contributed by atoms with van der Waals surface area (Å²) in [5.74, 6) is -0.745. The van der Waals surface area contributed by atoms with Gasteiger partial charge in [-0.3, -0.25) is 9.59 Å². The lowest BCUT2D eigenvalue weighted by Crippen LogP contribution is -2.50. The number of halogens is 2. The SMILES string of the molecule is COCc1c(C(=O)N2CCN(C(=O)c3ccc(F)cc3Cl)CC2)oc2ccccc12. The van der Waals surface area contributed by atoms with E-state index < -0.39 is 5.82 Å². The van der Waals surface area contributed by atoms with Crippen molar-refractivity contribution in [1.29, 1.82) is 0 Å². The van der Waals surface area contributed by atoms with Gasteiger partial charge in [-0.25, -0.2) is 4.39 Å². The van der Waals surface area contributed by atoms with Crippen LogP contribution in [-0.2, 0) is 11.3 Å². The second-order valence-corrected chi connectivity index (χ2v) is 7.45. The first-order valence-electron chi connectivity index (χ1n) is 9.52. The highest BCUT2D eigenvalue weighted by molar-refractivity contribution is 6.33. The van der Waals surface area contributed by atoms with Gasteiger partial charge in [0.1, 0.15) is 11.4 Å². The Morgan fingerprint density at radius 2 is 1.73 bits per heavy atom. The maximum absolute atomic E-state index is 13.2. The molecule has 1 saturated heterocycles. The van der Waals surface area contributed by atoms with Gasteiger partial charge in [-0.2, -0.15) is 0 Å². The number of hydrogen-bond donors (Lipinski definition) is 0. The minimum absolute atomic E-state index is 0.0741. The second-order valence-electron chi connectivity index (χ2n) is 7.05. The summed E-state index contributed by atoms with van der Waals surface area (Å²) in [5, 5.41) is 0.924. The third kappa shape index (κ3) is 3.78. The highest BCUT2D eigenvalue weighted by atomic mass is 35.5. The maximum Gasteiger partial charge on any atom is 0.290 e. The molecule has 30 heavy (non-hydrogen) atoms. The van der Waals surface area contributed by atoms with Gasteiger partial charge in [-0.15, -0.1) is 0 Å². The van der Waals surface area contributed by atoms with Crippen molar-refractivity contribution >= 4 is 34.4 Å². The number of carbonyl (C=O) groups is 2. The van der Waals surface area contributed by atoms with Crippen molar-refractivity contribution in [3.05, 3.63) is 70.2 Å². The number of ether oxygens (including phenoxy) is 1. The number of benzene rings is 2. The lowest BCUT2D eigenvalue weighted by molar-refractivity contribution is 0.0516. The number of furan rings is 1. The molecule has 6 nitrogen and oxygen atoms in total. The molecule has 2 amide bonds. The van der Waals surface area contributed by atoms with Crippen LogP contribution in [0.15, 0.2) is 46.9 Å². The molecule has 8 heteroatoms. The molecular weight excluding hydrogens is 411 g/mol. The molecule has 0 aliphatic carbocycles. The minimum Gasteiger partial charge on any atom is -0.451 e. The highest BCUT2D eigenvalue weighted by Gasteiger charge is 2.30. The normalized spacial score (nSPS) is 14.4. The van der Waals surface area contributed by atoms with Gasteiger partial charge < -0.3 is 19.0 Å². The largest absolute Gasteiger partial charge is 0.451 e. The van der Waals surface area contributed by atoms with Crippen LogP contribution in [0.1, 0.15) is 26.5 Å². The molecule has 0 N–H and O–H groups in total. The lowest BCUT2D eigenvalue weighted by atomic mass is 10.1. The van der Waals surface area contributed by atoms with E-state index in [9.17, 15) is 14.0 Å². The number of fused-ring (bicyclic) bond motifs is 1. The zero-order chi connectivity index (χ0) is 21.3. The van der Waals surface area contributed by atoms with Crippen LogP contribution < -0.4 is 0 Å². The molecule has 0 unspecified atom stereocenters. The average Bonchev–Trinajstić information content (AvgIpc) is 3.12. The molecule has 0 saturated carbocycles. The number of amides is 2. The molecule has 1 fully saturated rings. The van der Waals surface area contributed by atoms with Gasteiger partial charge in [0.2, 0.25) is 0 Å². The number of para-hydroxylation sites is 1. The Kier molecular flexibility index (Phi) is 5.74. The number of carbonyl (C=O) groups excluding carboxylic acids is 2. The number of nitrogens with zero attached hydrogens (tertiary/aromatic N) is 2. The quantitative estimate of drug-likeness (QED) is 0.628. The van der Waals surface area contributed by atoms with E-state index in [1.54, 1.807) is 16.9 Å². The van der Waals surface area contributed by atoms with Crippen molar-refractivity contribution < 1.29 is 23.1 Å². The fraction of sp³-hybridized carbons (Fsp3) is 0.273. The fourth-order valence-electron chi connectivity index (χ4n) is 3.65. The van der Waals surface area contributed by atoms with E-state index in [0.29, 0.717) is 31.8 Å². The van der Waals surface area contributed by atoms with E-state index in [1.165, 1.54) is 12.1 Å². The zero-order valence-corrected chi connectivity index (χ0v) is 17.1. The maximum atomic E-state index is 13.2. The summed E-state index contributed by atoms with van der Waals surface area (Å²) >= 11 is 6.01. The van der Waals surface area contributed by atoms with Crippen LogP contribution in [0.2, 0.25) is 5.02 Å². The predicted molar refractivity (Wildman–Crippen MR) is 110 cm³/mol. The van der Waals surface area contributed by atoms with Gasteiger partial charge in [0.25, 0.3) is 11.8 Å². The molecule has 156 valence electrons. The second kappa shape index (κ2) is 8.45. The van der Waals surface area contributed by atoms with Gasteiger partial charge >= 0.3 is 0 Å². The number of rotatable bonds is 4. The third-order valence-corrected chi connectivity index (χ3v) is 5.51. The van der Waals surface area contributed by atoms with Crippen LogP contribution in [-0.4, -0.2) is 54.9 Å². The van der Waals surface area contributed by atoms with Crippen LogP contribution in [0.25, 0.3) is 11.0 Å². The molecule has 0 spiro atoms. The summed E-state index contributed by atoms with van der Waals surface area (Å²) in [6.45, 7) is 1.66. The molecular formula is C22H20ClFN2O4. The van der Waals surface area contributed by atoms with Crippen molar-refractivity contribution in [2.45, 2.75) is 6.61 Å². The van der Waals surface area contributed by atoms with Crippen molar-refractivity contribution in [3.63, 3.8) is 0 Å². The number of hydrogen-bond acceptors (Lipinski definition) is 4. The van der Waals surface area contributed by atoms with Crippen LogP contribution in [0.4, 0.5) is 4.39 Å². The molecule has 1 aliphatic rings. The molecule has 1 aliphatic heterocycles. The topological polar surface area (TPSA) is 63.0 Å². The Bertz CT molecular complexity index is 1110. The smallest absolute Gasteiger partial charge is 0.290 e. The standard InChI is InChI=1S/C22H20ClFN2O4/c1-29-13-17-15-4-2-3-5-19(15)30-20(17)22(28)26-10-8-25(9-11-26)21(27)16-7-6-14(24)12-18(16)23/h2-7,12H,8-11,13H2,1H3. The monoisotopic (exact) mass is 430 g/mol. The van der Waals surface area contributed by atoms with E-state index in [2.05, 4.69) is 0 Å². The fourth-order valence-corrected chi connectivity index (χ4v) is 3.90. The summed E-state index contributed by atoms with van der Waals surface area (Å²) in [7, 11) is 1.57. The Morgan fingerprint density at radius 3 is 2.40 bits per heavy atom. The van der Waals surface area contributed by atoms with Crippen LogP contribution >= 0.6 is 11.6 Å². The van der Waals surface area contributed by atoms with E-state index >= 15 is 0 Å². The lowest BCUT2D eigenvalue weighted by Gasteiger charge is -2.34. The van der Waals surface area contributed by atoms with Crippen molar-refractivity contribution in [2.75, 3.05) is 33.3 Å². The average molecular weight is 431 g/mol. The molecule has 0 atom stereocenters. The molecule has 1 aromatic heterocycles. The Hall–Kier alpha value is -2.90. The summed E-state index contributed by atoms with van der Waals surface area (Å²) in [5.41, 5.74) is 1.60. The van der Waals surface area contributed by atoms with E-state index in [4.69, 9.17) is 20.8 Å². The Labute approximate surface area is 177 Å². The van der Waals surface area contributed by atoms with Crippen molar-refractivity contribution in [2.24, 2.45) is 0 Å². The molecule has 2 aromatic carbocycles. The highest BCUT2D eigenvalue weighted by Crippen LogP contribution is 2.28. The first-order valence-corrected chi connectivity index (χ1v) is 9.90. The summed E-state index contributed by atoms with van der Waals surface area (Å²) in [6, 6.07) is 11.1. The van der Waals surface area contributed by atoms with E-state index in [0.717, 1.165) is 17.0 Å². The van der Waals surface area contributed by atoms with Crippen LogP contribution in [0.3, 0.4) is 0 Å². The van der Waals surface area contributed by atoms with Crippen LogP contribution in [0, 0.1) is 5.82 Å².